The fourth-order valence-electron chi connectivity index (χ4n) is 2.66. The van der Waals surface area contributed by atoms with Crippen LogP contribution in [0.2, 0.25) is 0 Å². The zero-order chi connectivity index (χ0) is 21.1. The Bertz CT molecular complexity index is 1010. The number of nitro benzene ring substituents is 1. The average molecular weight is 397 g/mol. The Labute approximate surface area is 164 Å². The normalized spacial score (nSPS) is 15.7. The van der Waals surface area contributed by atoms with Gasteiger partial charge in [-0.15, -0.1) is 0 Å². The van der Waals surface area contributed by atoms with E-state index < -0.39 is 28.5 Å². The molecule has 148 valence electrons. The molecule has 0 fully saturated rings. The van der Waals surface area contributed by atoms with Crippen molar-refractivity contribution in [3.63, 3.8) is 0 Å². The highest BCUT2D eigenvalue weighted by molar-refractivity contribution is 6.50. The van der Waals surface area contributed by atoms with Gasteiger partial charge in [-0.05, 0) is 36.4 Å². The second-order valence-electron chi connectivity index (χ2n) is 5.99. The topological polar surface area (TPSA) is 128 Å². The fourth-order valence-corrected chi connectivity index (χ4v) is 2.66. The largest absolute Gasteiger partial charge is 0.497 e. The summed E-state index contributed by atoms with van der Waals surface area (Å²) >= 11 is 0. The molecule has 0 radical (unpaired) electrons. The van der Waals surface area contributed by atoms with Crippen molar-refractivity contribution in [2.75, 3.05) is 12.1 Å². The van der Waals surface area contributed by atoms with Crippen LogP contribution in [0.25, 0.3) is 0 Å². The van der Waals surface area contributed by atoms with Crippen LogP contribution in [0.15, 0.2) is 53.6 Å². The number of nitro groups is 1. The molecule has 1 amide bonds. The molecule has 3 rings (SSSR count). The average Bonchev–Trinajstić information content (AvgIpc) is 3.06. The van der Waals surface area contributed by atoms with Gasteiger partial charge in [-0.3, -0.25) is 24.5 Å². The summed E-state index contributed by atoms with van der Waals surface area (Å²) in [4.78, 5) is 47.4. The number of Topliss-reactive ketones (excluding diaryl/α,β-unsaturated/α-hetero) is 1. The number of esters is 1. The summed E-state index contributed by atoms with van der Waals surface area (Å²) in [5.74, 6) is -3.28. The number of ketones is 1. The lowest BCUT2D eigenvalue weighted by atomic mass is 10.0. The molecule has 0 aromatic heterocycles. The number of carbonyl (C=O) groups excluding carboxylic acids is 3. The standard InChI is InChI=1S/C19H15N3O7/c1-11(23)17-16(19(25)29-15-9-5-13(6-10-15)22(26)27)18(24)21(20-17)12-3-7-14(28-2)8-4-12/h3-10,16H,1-2H3. The molecule has 0 aliphatic carbocycles. The minimum atomic E-state index is -1.54. The third-order valence-corrected chi connectivity index (χ3v) is 4.12. The van der Waals surface area contributed by atoms with Crippen LogP contribution < -0.4 is 14.5 Å². The van der Waals surface area contributed by atoms with Crippen molar-refractivity contribution in [3.05, 3.63) is 58.6 Å². The van der Waals surface area contributed by atoms with E-state index in [4.69, 9.17) is 9.47 Å². The maximum Gasteiger partial charge on any atom is 0.330 e. The van der Waals surface area contributed by atoms with E-state index in [0.29, 0.717) is 11.4 Å². The first-order valence-electron chi connectivity index (χ1n) is 8.35. The monoisotopic (exact) mass is 397 g/mol. The highest BCUT2D eigenvalue weighted by Gasteiger charge is 2.45. The molecule has 2 aromatic rings. The molecule has 0 bridgehead atoms. The van der Waals surface area contributed by atoms with E-state index in [9.17, 15) is 24.5 Å². The van der Waals surface area contributed by atoms with E-state index in [-0.39, 0.29) is 17.1 Å². The van der Waals surface area contributed by atoms with Gasteiger partial charge in [-0.2, -0.15) is 10.1 Å². The summed E-state index contributed by atoms with van der Waals surface area (Å²) < 4.78 is 10.2. The van der Waals surface area contributed by atoms with Crippen molar-refractivity contribution in [1.29, 1.82) is 0 Å². The zero-order valence-corrected chi connectivity index (χ0v) is 15.4. The Morgan fingerprint density at radius 1 is 1.07 bits per heavy atom. The molecule has 0 saturated heterocycles. The van der Waals surface area contributed by atoms with Gasteiger partial charge in [0.25, 0.3) is 11.6 Å². The summed E-state index contributed by atoms with van der Waals surface area (Å²) in [7, 11) is 1.49. The number of hydrazone groups is 1. The van der Waals surface area contributed by atoms with Crippen LogP contribution in [0.3, 0.4) is 0 Å². The predicted molar refractivity (Wildman–Crippen MR) is 101 cm³/mol. The first kappa shape index (κ1) is 19.7. The third kappa shape index (κ3) is 3.95. The van der Waals surface area contributed by atoms with Crippen LogP contribution in [0.1, 0.15) is 6.92 Å². The number of carbonyl (C=O) groups is 3. The van der Waals surface area contributed by atoms with Crippen molar-refractivity contribution in [2.24, 2.45) is 11.0 Å². The second kappa shape index (κ2) is 7.89. The van der Waals surface area contributed by atoms with Gasteiger partial charge in [0.1, 0.15) is 17.2 Å². The van der Waals surface area contributed by atoms with E-state index in [2.05, 4.69) is 5.10 Å². The van der Waals surface area contributed by atoms with Crippen LogP contribution in [-0.2, 0) is 14.4 Å². The number of non-ortho nitro benzene ring substituents is 1. The quantitative estimate of drug-likeness (QED) is 0.240. The number of benzene rings is 2. The lowest BCUT2D eigenvalue weighted by Crippen LogP contribution is -2.37. The maximum atomic E-state index is 12.8. The number of ether oxygens (including phenoxy) is 2. The third-order valence-electron chi connectivity index (χ3n) is 4.12. The van der Waals surface area contributed by atoms with Crippen LogP contribution in [-0.4, -0.2) is 35.4 Å². The summed E-state index contributed by atoms with van der Waals surface area (Å²) in [6.07, 6.45) is 0. The molecular formula is C19H15N3O7. The van der Waals surface area contributed by atoms with Crippen LogP contribution in [0.4, 0.5) is 11.4 Å². The lowest BCUT2D eigenvalue weighted by Gasteiger charge is -2.14. The van der Waals surface area contributed by atoms with E-state index in [1.165, 1.54) is 26.2 Å². The maximum absolute atomic E-state index is 12.8. The molecule has 0 spiro atoms. The summed E-state index contributed by atoms with van der Waals surface area (Å²) in [5, 5.41) is 15.7. The second-order valence-corrected chi connectivity index (χ2v) is 5.99. The summed E-state index contributed by atoms with van der Waals surface area (Å²) in [6.45, 7) is 1.19. The molecule has 1 atom stereocenters. The highest BCUT2D eigenvalue weighted by atomic mass is 16.6. The van der Waals surface area contributed by atoms with E-state index >= 15 is 0 Å². The number of amides is 1. The predicted octanol–water partition coefficient (Wildman–Crippen LogP) is 2.12. The van der Waals surface area contributed by atoms with Crippen molar-refractivity contribution in [3.8, 4) is 11.5 Å². The van der Waals surface area contributed by atoms with Crippen molar-refractivity contribution in [2.45, 2.75) is 6.92 Å². The lowest BCUT2D eigenvalue weighted by molar-refractivity contribution is -0.384. The molecule has 0 saturated carbocycles. The van der Waals surface area contributed by atoms with Gasteiger partial charge in [-0.25, -0.2) is 0 Å². The molecule has 1 aliphatic heterocycles. The highest BCUT2D eigenvalue weighted by Crippen LogP contribution is 2.28. The Hall–Kier alpha value is -4.08. The Morgan fingerprint density at radius 3 is 2.17 bits per heavy atom. The van der Waals surface area contributed by atoms with Gasteiger partial charge >= 0.3 is 5.97 Å². The number of anilines is 1. The van der Waals surface area contributed by atoms with Crippen LogP contribution in [0, 0.1) is 16.0 Å². The first-order chi connectivity index (χ1) is 13.8. The molecule has 10 heteroatoms. The SMILES string of the molecule is COc1ccc(N2N=C(C(C)=O)C(C(=O)Oc3ccc([N+](=O)[O-])cc3)C2=O)cc1. The van der Waals surface area contributed by atoms with E-state index in [0.717, 1.165) is 17.1 Å². The molecule has 29 heavy (non-hydrogen) atoms. The Kier molecular flexibility index (Phi) is 5.35. The van der Waals surface area contributed by atoms with E-state index in [1.807, 2.05) is 0 Å². The molecule has 1 heterocycles. The molecule has 1 aliphatic rings. The minimum Gasteiger partial charge on any atom is -0.497 e. The summed E-state index contributed by atoms with van der Waals surface area (Å²) in [5.41, 5.74) is -0.0867. The van der Waals surface area contributed by atoms with Gasteiger partial charge in [-0.1, -0.05) is 0 Å². The number of nitrogens with zero attached hydrogens (tertiary/aromatic N) is 3. The molecular weight excluding hydrogens is 382 g/mol. The number of methoxy groups -OCH3 is 1. The molecule has 10 nitrogen and oxygen atoms in total. The molecule has 2 aromatic carbocycles. The Morgan fingerprint density at radius 2 is 1.66 bits per heavy atom. The van der Waals surface area contributed by atoms with E-state index in [1.54, 1.807) is 24.3 Å². The number of hydrogen-bond donors (Lipinski definition) is 0. The molecule has 0 N–H and O–H groups in total. The van der Waals surface area contributed by atoms with Gasteiger partial charge < -0.3 is 9.47 Å². The van der Waals surface area contributed by atoms with Crippen molar-refractivity contribution in [1.82, 2.24) is 0 Å². The van der Waals surface area contributed by atoms with Crippen molar-refractivity contribution < 1.29 is 28.8 Å². The first-order valence-corrected chi connectivity index (χ1v) is 8.35. The summed E-state index contributed by atoms with van der Waals surface area (Å²) in [6, 6.07) is 11.1. The zero-order valence-electron chi connectivity index (χ0n) is 15.4. The smallest absolute Gasteiger partial charge is 0.330 e. The Balaban J connectivity index is 1.84. The number of rotatable bonds is 6. The number of hydrogen-bond acceptors (Lipinski definition) is 8. The van der Waals surface area contributed by atoms with Gasteiger partial charge in [0, 0.05) is 19.1 Å². The fraction of sp³-hybridized carbons (Fsp3) is 0.158. The van der Waals surface area contributed by atoms with Crippen LogP contribution >= 0.6 is 0 Å². The van der Waals surface area contributed by atoms with Gasteiger partial charge in [0.05, 0.1) is 17.7 Å². The van der Waals surface area contributed by atoms with Gasteiger partial charge in [0.15, 0.2) is 11.7 Å². The van der Waals surface area contributed by atoms with Crippen LogP contribution in [0.5, 0.6) is 11.5 Å². The van der Waals surface area contributed by atoms with Gasteiger partial charge in [0.2, 0.25) is 0 Å². The minimum absolute atomic E-state index is 0.000741. The van der Waals surface area contributed by atoms with Crippen molar-refractivity contribution >= 4 is 34.7 Å². The molecule has 1 unspecified atom stereocenters.